The molecule has 0 radical (unpaired) electrons. The van der Waals surface area contributed by atoms with Gasteiger partial charge in [0.05, 0.1) is 13.2 Å². The Morgan fingerprint density at radius 2 is 1.39 bits per heavy atom. The summed E-state index contributed by atoms with van der Waals surface area (Å²) < 4.78 is 15.4. The van der Waals surface area contributed by atoms with Gasteiger partial charge in [-0.15, -0.1) is 0 Å². The molecule has 136 valence electrons. The Labute approximate surface area is 130 Å². The molecule has 0 aromatic heterocycles. The molecule has 11 nitrogen and oxygen atoms in total. The summed E-state index contributed by atoms with van der Waals surface area (Å²) in [5.74, 6) is -2.22. The average Bonchev–Trinajstić information content (AvgIpc) is 2.80. The van der Waals surface area contributed by atoms with Gasteiger partial charge in [-0.2, -0.15) is 0 Å². The predicted octanol–water partition coefficient (Wildman–Crippen LogP) is -5.40. The van der Waals surface area contributed by atoms with Gasteiger partial charge in [0, 0.05) is 0 Å². The molecule has 0 unspecified atom stereocenters. The van der Waals surface area contributed by atoms with Gasteiger partial charge >= 0.3 is 0 Å². The highest BCUT2D eigenvalue weighted by Crippen LogP contribution is 2.35. The lowest BCUT2D eigenvalue weighted by molar-refractivity contribution is -0.383. The van der Waals surface area contributed by atoms with Crippen LogP contribution in [0.15, 0.2) is 0 Å². The van der Waals surface area contributed by atoms with Crippen LogP contribution in [0, 0.1) is 0 Å². The minimum atomic E-state index is -2.22. The molecular formula is C12H22O11. The van der Waals surface area contributed by atoms with Gasteiger partial charge in [0.1, 0.15) is 49.3 Å². The number of aliphatic hydroxyl groups is 8. The lowest BCUT2D eigenvalue weighted by Gasteiger charge is -2.43. The molecule has 0 saturated carbocycles. The largest absolute Gasteiger partial charge is 0.394 e. The third-order valence-corrected chi connectivity index (χ3v) is 4.07. The molecule has 2 fully saturated rings. The van der Waals surface area contributed by atoms with E-state index >= 15 is 0 Å². The fourth-order valence-corrected chi connectivity index (χ4v) is 2.63. The Bertz CT molecular complexity index is 393. The van der Waals surface area contributed by atoms with Crippen molar-refractivity contribution >= 4 is 0 Å². The highest BCUT2D eigenvalue weighted by Gasteiger charge is 2.58. The zero-order chi connectivity index (χ0) is 17.4. The molecule has 0 aliphatic carbocycles. The van der Waals surface area contributed by atoms with E-state index in [1.807, 2.05) is 0 Å². The molecular weight excluding hydrogens is 344 g/mol. The van der Waals surface area contributed by atoms with Crippen LogP contribution < -0.4 is 0 Å². The Hall–Kier alpha value is -0.440. The Morgan fingerprint density at radius 3 is 1.87 bits per heavy atom. The van der Waals surface area contributed by atoms with Gasteiger partial charge in [0.15, 0.2) is 6.29 Å². The molecule has 8 N–H and O–H groups in total. The summed E-state index contributed by atoms with van der Waals surface area (Å²) in [6, 6.07) is 0. The summed E-state index contributed by atoms with van der Waals surface area (Å²) in [5, 5.41) is 76.7. The van der Waals surface area contributed by atoms with Gasteiger partial charge < -0.3 is 55.1 Å². The second kappa shape index (κ2) is 7.21. The number of hydrogen-bond acceptors (Lipinski definition) is 11. The van der Waals surface area contributed by atoms with E-state index < -0.39 is 74.6 Å². The van der Waals surface area contributed by atoms with Gasteiger partial charge in [-0.25, -0.2) is 0 Å². The molecule has 2 aliphatic rings. The molecule has 0 aromatic rings. The van der Waals surface area contributed by atoms with Crippen molar-refractivity contribution in [2.24, 2.45) is 0 Å². The summed E-state index contributed by atoms with van der Waals surface area (Å²) in [6.07, 6.45) is -12.7. The highest BCUT2D eigenvalue weighted by molar-refractivity contribution is 4.98. The van der Waals surface area contributed by atoms with Crippen molar-refractivity contribution in [3.8, 4) is 0 Å². The molecule has 2 saturated heterocycles. The summed E-state index contributed by atoms with van der Waals surface area (Å²) >= 11 is 0. The van der Waals surface area contributed by atoms with Crippen LogP contribution in [0.5, 0.6) is 0 Å². The van der Waals surface area contributed by atoms with Crippen molar-refractivity contribution in [1.29, 1.82) is 0 Å². The van der Waals surface area contributed by atoms with E-state index in [1.165, 1.54) is 0 Å². The van der Waals surface area contributed by atoms with Crippen molar-refractivity contribution < 1.29 is 55.1 Å². The van der Waals surface area contributed by atoms with Gasteiger partial charge in [-0.05, 0) is 0 Å². The number of rotatable bonds is 5. The van der Waals surface area contributed by atoms with Crippen LogP contribution in [0.1, 0.15) is 0 Å². The zero-order valence-corrected chi connectivity index (χ0v) is 12.0. The van der Waals surface area contributed by atoms with E-state index in [0.717, 1.165) is 0 Å². The zero-order valence-electron chi connectivity index (χ0n) is 12.0. The van der Waals surface area contributed by atoms with Crippen molar-refractivity contribution in [3.05, 3.63) is 0 Å². The van der Waals surface area contributed by atoms with Crippen LogP contribution in [0.2, 0.25) is 0 Å². The standard InChI is InChI=1S/C12H22O11/c13-1-4-6(16)8(18)9(19)11(21-4)23-12(3-15)10(20)7(17)5(2-14)22-12/h4-11,13-20H,1-3H2/t4-,5-,6-,7-,8+,9-,10+,11-,12+/m1/s1/i1+2,2+2,3+2,4+2,5+2,6+2,7+2,8+2,9+2,10+2,11+2,12+2. The van der Waals surface area contributed by atoms with Crippen molar-refractivity contribution in [2.45, 2.75) is 54.8 Å². The fourth-order valence-electron chi connectivity index (χ4n) is 2.63. The molecule has 2 aliphatic heterocycles. The van der Waals surface area contributed by atoms with Crippen LogP contribution in [0.3, 0.4) is 0 Å². The first kappa shape index (κ1) is 18.9. The summed E-state index contributed by atoms with van der Waals surface area (Å²) in [5.41, 5.74) is 0. The minimum Gasteiger partial charge on any atom is -0.394 e. The highest BCUT2D eigenvalue weighted by atomic mass is 17.4. The average molecular weight is 366 g/mol. The second-order valence-corrected chi connectivity index (χ2v) is 5.56. The molecule has 0 aromatic carbocycles. The Balaban J connectivity index is 2.18. The van der Waals surface area contributed by atoms with E-state index in [9.17, 15) is 30.6 Å². The number of ether oxygens (including phenoxy) is 3. The first-order valence-electron chi connectivity index (χ1n) is 7.05. The monoisotopic (exact) mass is 366 g/mol. The second-order valence-electron chi connectivity index (χ2n) is 5.56. The van der Waals surface area contributed by atoms with Crippen LogP contribution in [0.4, 0.5) is 0 Å². The minimum absolute atomic E-state index is 0.669. The van der Waals surface area contributed by atoms with Crippen LogP contribution in [0.25, 0.3) is 0 Å². The lowest BCUT2D eigenvalue weighted by Crippen LogP contribution is -2.62. The molecule has 2 rings (SSSR count). The molecule has 0 amide bonds. The topological polar surface area (TPSA) is 190 Å². The maximum Gasteiger partial charge on any atom is 0.224 e. The first-order valence-corrected chi connectivity index (χ1v) is 7.05. The Kier molecular flexibility index (Phi) is 5.92. The van der Waals surface area contributed by atoms with Crippen LogP contribution in [-0.4, -0.2) is 115 Å². The maximum absolute atomic E-state index is 10.00. The molecule has 23 heavy (non-hydrogen) atoms. The summed E-state index contributed by atoms with van der Waals surface area (Å²) in [7, 11) is 0. The van der Waals surface area contributed by atoms with E-state index in [0.29, 0.717) is 0 Å². The van der Waals surface area contributed by atoms with Gasteiger partial charge in [-0.3, -0.25) is 0 Å². The SMILES string of the molecule is O[14CH2][14C@H]1O[14C@@]([14CH2]O)(O[14C@H]2O[14C@H]([14CH2]O)[14C@@H](O)[14C@H](O)[14C@H]2O)[14C@@H](O)[14C@@H]1O. The smallest absolute Gasteiger partial charge is 0.224 e. The normalized spacial score (nSPS) is 51.1. The molecule has 0 spiro atoms. The fraction of sp³-hybridized carbons (Fsp3) is 1.00. The van der Waals surface area contributed by atoms with E-state index in [2.05, 4.69) is 0 Å². The van der Waals surface area contributed by atoms with Gasteiger partial charge in [0.25, 0.3) is 0 Å². The summed E-state index contributed by atoms with van der Waals surface area (Å²) in [6.45, 7) is -2.32. The van der Waals surface area contributed by atoms with E-state index in [1.54, 1.807) is 0 Å². The van der Waals surface area contributed by atoms with Gasteiger partial charge in [-0.1, -0.05) is 0 Å². The third-order valence-electron chi connectivity index (χ3n) is 4.07. The lowest BCUT2D eigenvalue weighted by atomic mass is 11.9. The van der Waals surface area contributed by atoms with Crippen LogP contribution in [-0.2, 0) is 14.2 Å². The Morgan fingerprint density at radius 1 is 0.783 bits per heavy atom. The summed E-state index contributed by atoms with van der Waals surface area (Å²) in [4.78, 5) is 0. The molecule has 9 atom stereocenters. The van der Waals surface area contributed by atoms with E-state index in [4.69, 9.17) is 24.4 Å². The predicted molar refractivity (Wildman–Crippen MR) is 68.6 cm³/mol. The first-order chi connectivity index (χ1) is 10.8. The maximum atomic E-state index is 10.00. The van der Waals surface area contributed by atoms with Crippen molar-refractivity contribution in [1.82, 2.24) is 0 Å². The molecule has 11 heteroatoms. The number of hydrogen-bond donors (Lipinski definition) is 8. The van der Waals surface area contributed by atoms with Crippen molar-refractivity contribution in [3.63, 3.8) is 0 Å². The molecule has 0 bridgehead atoms. The number of aliphatic hydroxyl groups excluding tert-OH is 8. The van der Waals surface area contributed by atoms with Crippen LogP contribution >= 0.6 is 0 Å². The molecule has 2 heterocycles. The van der Waals surface area contributed by atoms with Crippen molar-refractivity contribution in [2.75, 3.05) is 19.8 Å². The quantitative estimate of drug-likeness (QED) is 0.232. The third kappa shape index (κ3) is 3.23. The van der Waals surface area contributed by atoms with E-state index in [-0.39, 0.29) is 0 Å². The van der Waals surface area contributed by atoms with Gasteiger partial charge in [0.2, 0.25) is 5.79 Å².